The Bertz CT molecular complexity index is 1470. The summed E-state index contributed by atoms with van der Waals surface area (Å²) in [5, 5.41) is 10.2. The van der Waals surface area contributed by atoms with Crippen LogP contribution in [-0.4, -0.2) is 35.5 Å². The molecule has 14 nitrogen and oxygen atoms in total. The molecule has 0 saturated carbocycles. The van der Waals surface area contributed by atoms with Crippen LogP contribution in [0.5, 0.6) is 0 Å². The van der Waals surface area contributed by atoms with Crippen LogP contribution in [-0.2, 0) is 29.1 Å². The number of primary amides is 2. The Morgan fingerprint density at radius 2 is 1.00 bits per heavy atom. The number of rotatable bonds is 7. The summed E-state index contributed by atoms with van der Waals surface area (Å²) in [6.07, 6.45) is -0.907. The second-order valence-electron chi connectivity index (χ2n) is 12.0. The zero-order valence-electron chi connectivity index (χ0n) is 28.2. The van der Waals surface area contributed by atoms with Crippen molar-refractivity contribution in [2.45, 2.75) is 72.4 Å². The Hall–Kier alpha value is -5.21. The molecule has 0 heterocycles. The van der Waals surface area contributed by atoms with Crippen molar-refractivity contribution in [1.82, 2.24) is 10.6 Å². The molecule has 3 aromatic carbocycles. The van der Waals surface area contributed by atoms with Crippen molar-refractivity contribution in [3.05, 3.63) is 89.5 Å². The Kier molecular flexibility index (Phi) is 18.6. The highest BCUT2D eigenvalue weighted by atomic mass is 35.5. The van der Waals surface area contributed by atoms with Gasteiger partial charge in [-0.05, 0) is 94.6 Å². The summed E-state index contributed by atoms with van der Waals surface area (Å²) in [5.74, 6) is 0. The van der Waals surface area contributed by atoms with E-state index in [-0.39, 0.29) is 12.4 Å². The van der Waals surface area contributed by atoms with Crippen LogP contribution in [0.25, 0.3) is 0 Å². The topological polar surface area (TPSA) is 239 Å². The van der Waals surface area contributed by atoms with Gasteiger partial charge in [-0.25, -0.2) is 19.2 Å². The third kappa shape index (κ3) is 21.5. The van der Waals surface area contributed by atoms with Crippen LogP contribution in [0.4, 0.5) is 36.2 Å². The van der Waals surface area contributed by atoms with E-state index in [0.717, 1.165) is 16.7 Å². The van der Waals surface area contributed by atoms with E-state index in [0.29, 0.717) is 36.7 Å². The minimum absolute atomic E-state index is 0. The van der Waals surface area contributed by atoms with Gasteiger partial charge in [-0.15, -0.1) is 12.4 Å². The van der Waals surface area contributed by atoms with Gasteiger partial charge in [0.15, 0.2) is 0 Å². The quantitative estimate of drug-likeness (QED) is 0.146. The molecule has 0 aliphatic carbocycles. The SMILES string of the molecule is CC(C)(C)OC(=O)NCc1cccc(N)c1.CC(C)(C)OC(=O)NCc1cccc(NC(N)=O)c1.Cl.NCc1cccc(NC(N)=O)c1. The van der Waals surface area contributed by atoms with Crippen LogP contribution >= 0.6 is 12.4 Å². The number of carbonyl (C=O) groups is 4. The largest absolute Gasteiger partial charge is 0.444 e. The maximum absolute atomic E-state index is 11.5. The van der Waals surface area contributed by atoms with Crippen molar-refractivity contribution >= 4 is 53.7 Å². The molecule has 0 aliphatic rings. The lowest BCUT2D eigenvalue weighted by Gasteiger charge is -2.19. The third-order valence-corrected chi connectivity index (χ3v) is 5.25. The third-order valence-electron chi connectivity index (χ3n) is 5.25. The highest BCUT2D eigenvalue weighted by Gasteiger charge is 2.16. The molecule has 15 heteroatoms. The maximum atomic E-state index is 11.5. The number of hydrogen-bond acceptors (Lipinski definition) is 8. The van der Waals surface area contributed by atoms with Crippen molar-refractivity contribution in [3.63, 3.8) is 0 Å². The predicted octanol–water partition coefficient (Wildman–Crippen LogP) is 5.55. The number of benzene rings is 3. The molecule has 0 aliphatic heterocycles. The number of hydrogen-bond donors (Lipinski definition) is 8. The highest BCUT2D eigenvalue weighted by molar-refractivity contribution is 5.88. The summed E-state index contributed by atoms with van der Waals surface area (Å²) in [4.78, 5) is 44.0. The van der Waals surface area contributed by atoms with Gasteiger partial charge in [-0.3, -0.25) is 0 Å². The zero-order valence-corrected chi connectivity index (χ0v) is 29.0. The summed E-state index contributed by atoms with van der Waals surface area (Å²) in [7, 11) is 0. The van der Waals surface area contributed by atoms with Crippen LogP contribution in [0.2, 0.25) is 0 Å². The van der Waals surface area contributed by atoms with Crippen molar-refractivity contribution in [2.75, 3.05) is 16.4 Å². The van der Waals surface area contributed by atoms with Gasteiger partial charge < -0.3 is 53.7 Å². The molecule has 12 N–H and O–H groups in total. The second kappa shape index (κ2) is 20.8. The smallest absolute Gasteiger partial charge is 0.407 e. The van der Waals surface area contributed by atoms with Crippen molar-refractivity contribution in [3.8, 4) is 0 Å². The molecule has 3 aromatic rings. The van der Waals surface area contributed by atoms with Gasteiger partial charge in [0.05, 0.1) is 0 Å². The lowest BCUT2D eigenvalue weighted by molar-refractivity contribution is 0.0512. The molecule has 0 spiro atoms. The Morgan fingerprint density at radius 3 is 1.38 bits per heavy atom. The van der Waals surface area contributed by atoms with Crippen LogP contribution in [0, 0.1) is 0 Å². The predicted molar refractivity (Wildman–Crippen MR) is 191 cm³/mol. The van der Waals surface area contributed by atoms with E-state index in [1.54, 1.807) is 57.2 Å². The van der Waals surface area contributed by atoms with Gasteiger partial charge in [0.1, 0.15) is 11.2 Å². The van der Waals surface area contributed by atoms with E-state index in [4.69, 9.17) is 32.4 Å². The first kappa shape index (κ1) is 42.8. The second-order valence-corrected chi connectivity index (χ2v) is 12.0. The average molecular weight is 689 g/mol. The molecule has 0 atom stereocenters. The first-order valence-electron chi connectivity index (χ1n) is 14.6. The average Bonchev–Trinajstić information content (AvgIpc) is 2.94. The van der Waals surface area contributed by atoms with Gasteiger partial charge in [-0.1, -0.05) is 36.4 Å². The van der Waals surface area contributed by atoms with Gasteiger partial charge in [-0.2, -0.15) is 0 Å². The Labute approximate surface area is 288 Å². The van der Waals surface area contributed by atoms with Gasteiger partial charge >= 0.3 is 24.2 Å². The summed E-state index contributed by atoms with van der Waals surface area (Å²) in [6.45, 7) is 12.0. The summed E-state index contributed by atoms with van der Waals surface area (Å²) in [6, 6.07) is 20.4. The summed E-state index contributed by atoms with van der Waals surface area (Å²) >= 11 is 0. The monoisotopic (exact) mass is 688 g/mol. The lowest BCUT2D eigenvalue weighted by Crippen LogP contribution is -2.32. The van der Waals surface area contributed by atoms with E-state index in [1.807, 2.05) is 57.2 Å². The molecule has 3 rings (SSSR count). The molecule has 264 valence electrons. The number of carbonyl (C=O) groups excluding carboxylic acids is 4. The molecule has 48 heavy (non-hydrogen) atoms. The fraction of sp³-hybridized carbons (Fsp3) is 0.333. The standard InChI is InChI=1S/C13H19N3O3.C12H18N2O2.C8H11N3O.ClH/c1-13(2,3)19-12(18)15-8-9-5-4-6-10(7-9)16-11(14)17;1-12(2,3)16-11(15)14-8-9-5-4-6-10(13)7-9;9-5-6-2-1-3-7(4-6)11-8(10)12;/h4-7H,8H2,1-3H3,(H,15,18)(H3,14,16,17);4-7H,8,13H2,1-3H3,(H,14,15);1-4H,5,9H2,(H3,10,11,12);1H. The molecule has 0 unspecified atom stereocenters. The molecule has 6 amide bonds. The van der Waals surface area contributed by atoms with E-state index in [1.165, 1.54) is 0 Å². The number of nitrogen functional groups attached to an aromatic ring is 1. The number of anilines is 3. The zero-order chi connectivity index (χ0) is 35.6. The first-order chi connectivity index (χ1) is 21.8. The van der Waals surface area contributed by atoms with Crippen LogP contribution in [0.1, 0.15) is 58.2 Å². The maximum Gasteiger partial charge on any atom is 0.407 e. The van der Waals surface area contributed by atoms with Gasteiger partial charge in [0.2, 0.25) is 0 Å². The number of amides is 6. The Balaban J connectivity index is 0.000000700. The molecule has 0 aromatic heterocycles. The number of nitrogens with one attached hydrogen (secondary N) is 4. The normalized spacial score (nSPS) is 10.2. The number of urea groups is 2. The number of halogens is 1. The minimum Gasteiger partial charge on any atom is -0.444 e. The first-order valence-corrected chi connectivity index (χ1v) is 14.6. The van der Waals surface area contributed by atoms with Gasteiger partial charge in [0, 0.05) is 36.7 Å². The lowest BCUT2D eigenvalue weighted by atomic mass is 10.2. The van der Waals surface area contributed by atoms with E-state index < -0.39 is 35.5 Å². The molecule has 0 fully saturated rings. The Morgan fingerprint density at radius 1 is 0.625 bits per heavy atom. The molecule has 0 radical (unpaired) electrons. The fourth-order valence-electron chi connectivity index (χ4n) is 3.50. The highest BCUT2D eigenvalue weighted by Crippen LogP contribution is 2.12. The molecule has 0 saturated heterocycles. The van der Waals surface area contributed by atoms with Gasteiger partial charge in [0.25, 0.3) is 0 Å². The number of ether oxygens (including phenoxy) is 2. The summed E-state index contributed by atoms with van der Waals surface area (Å²) in [5.41, 5.74) is 24.7. The van der Waals surface area contributed by atoms with Crippen LogP contribution < -0.4 is 44.2 Å². The fourth-order valence-corrected chi connectivity index (χ4v) is 3.50. The van der Waals surface area contributed by atoms with Crippen molar-refractivity contribution in [2.24, 2.45) is 17.2 Å². The van der Waals surface area contributed by atoms with Crippen molar-refractivity contribution in [1.29, 1.82) is 0 Å². The van der Waals surface area contributed by atoms with Crippen molar-refractivity contribution < 1.29 is 28.7 Å². The van der Waals surface area contributed by atoms with Crippen LogP contribution in [0.3, 0.4) is 0 Å². The number of nitrogens with two attached hydrogens (primary N) is 4. The molecule has 0 bridgehead atoms. The van der Waals surface area contributed by atoms with E-state index in [9.17, 15) is 19.2 Å². The molecular weight excluding hydrogens is 640 g/mol. The van der Waals surface area contributed by atoms with E-state index >= 15 is 0 Å². The number of alkyl carbamates (subject to hydrolysis) is 2. The summed E-state index contributed by atoms with van der Waals surface area (Å²) < 4.78 is 10.2. The van der Waals surface area contributed by atoms with E-state index in [2.05, 4.69) is 21.3 Å². The minimum atomic E-state index is -0.628. The van der Waals surface area contributed by atoms with Crippen LogP contribution in [0.15, 0.2) is 72.8 Å². The molecular formula is C33H49ClN8O6.